The van der Waals surface area contributed by atoms with Crippen LogP contribution in [0.25, 0.3) is 0 Å². The SMILES string of the molecule is COc1ccc(C(Cl)c2cc(C)oc2C)c(OC)c1Cl. The number of furan rings is 1. The predicted octanol–water partition coefficient (Wildman–Crippen LogP) is 4.90. The minimum absolute atomic E-state index is 0.397. The van der Waals surface area contributed by atoms with Crippen molar-refractivity contribution in [2.24, 2.45) is 0 Å². The van der Waals surface area contributed by atoms with Crippen LogP contribution in [0, 0.1) is 13.8 Å². The normalized spacial score (nSPS) is 12.3. The van der Waals surface area contributed by atoms with Crippen molar-refractivity contribution in [1.82, 2.24) is 0 Å². The largest absolute Gasteiger partial charge is 0.495 e. The van der Waals surface area contributed by atoms with Crippen molar-refractivity contribution in [2.45, 2.75) is 19.2 Å². The van der Waals surface area contributed by atoms with E-state index in [4.69, 9.17) is 37.1 Å². The summed E-state index contributed by atoms with van der Waals surface area (Å²) in [5.41, 5.74) is 1.69. The first-order valence-electron chi connectivity index (χ1n) is 6.11. The lowest BCUT2D eigenvalue weighted by molar-refractivity contribution is 0.391. The van der Waals surface area contributed by atoms with Gasteiger partial charge in [0.25, 0.3) is 0 Å². The summed E-state index contributed by atoms with van der Waals surface area (Å²) in [4.78, 5) is 0. The van der Waals surface area contributed by atoms with Gasteiger partial charge in [0.1, 0.15) is 28.0 Å². The van der Waals surface area contributed by atoms with Gasteiger partial charge in [0, 0.05) is 11.1 Å². The zero-order valence-corrected chi connectivity index (χ0v) is 13.3. The topological polar surface area (TPSA) is 31.6 Å². The number of hydrogen-bond donors (Lipinski definition) is 0. The molecule has 0 bridgehead atoms. The van der Waals surface area contributed by atoms with Crippen LogP contribution in [0.15, 0.2) is 22.6 Å². The van der Waals surface area contributed by atoms with Crippen molar-refractivity contribution in [1.29, 1.82) is 0 Å². The average molecular weight is 315 g/mol. The van der Waals surface area contributed by atoms with Gasteiger partial charge in [-0.3, -0.25) is 0 Å². The van der Waals surface area contributed by atoms with Crippen molar-refractivity contribution in [3.05, 3.63) is 45.9 Å². The van der Waals surface area contributed by atoms with E-state index in [0.717, 1.165) is 22.6 Å². The Morgan fingerprint density at radius 2 is 1.80 bits per heavy atom. The predicted molar refractivity (Wildman–Crippen MR) is 80.4 cm³/mol. The summed E-state index contributed by atoms with van der Waals surface area (Å²) >= 11 is 12.8. The summed E-state index contributed by atoms with van der Waals surface area (Å²) in [5.74, 6) is 2.68. The maximum atomic E-state index is 6.56. The van der Waals surface area contributed by atoms with Crippen LogP contribution in [-0.4, -0.2) is 14.2 Å². The van der Waals surface area contributed by atoms with E-state index in [-0.39, 0.29) is 0 Å². The van der Waals surface area contributed by atoms with Gasteiger partial charge in [-0.25, -0.2) is 0 Å². The van der Waals surface area contributed by atoms with Gasteiger partial charge >= 0.3 is 0 Å². The Bertz CT molecular complexity index is 620. The fraction of sp³-hybridized carbons (Fsp3) is 0.333. The molecule has 0 radical (unpaired) electrons. The molecule has 5 heteroatoms. The Kier molecular flexibility index (Phi) is 4.51. The molecule has 0 aliphatic rings. The third kappa shape index (κ3) is 2.60. The first-order chi connectivity index (χ1) is 9.49. The summed E-state index contributed by atoms with van der Waals surface area (Å²) in [6.07, 6.45) is 0. The standard InChI is InChI=1S/C15H16Cl2O3/c1-8-7-11(9(2)20-8)13(16)10-5-6-12(18-3)14(17)15(10)19-4/h5-7,13H,1-4H3. The van der Waals surface area contributed by atoms with Crippen LogP contribution in [0.3, 0.4) is 0 Å². The molecule has 2 rings (SSSR count). The summed E-state index contributed by atoms with van der Waals surface area (Å²) in [6, 6.07) is 5.55. The van der Waals surface area contributed by atoms with Crippen molar-refractivity contribution >= 4 is 23.2 Å². The molecule has 1 atom stereocenters. The Labute approximate surface area is 128 Å². The molecular formula is C15H16Cl2O3. The molecule has 1 heterocycles. The minimum atomic E-state index is -0.397. The van der Waals surface area contributed by atoms with Gasteiger partial charge in [-0.1, -0.05) is 11.6 Å². The van der Waals surface area contributed by atoms with E-state index in [1.54, 1.807) is 20.3 Å². The highest BCUT2D eigenvalue weighted by atomic mass is 35.5. The highest BCUT2D eigenvalue weighted by molar-refractivity contribution is 6.34. The molecule has 2 aromatic rings. The van der Waals surface area contributed by atoms with Gasteiger partial charge in [-0.15, -0.1) is 11.6 Å². The van der Waals surface area contributed by atoms with Crippen LogP contribution in [0.1, 0.15) is 28.0 Å². The van der Waals surface area contributed by atoms with Gasteiger partial charge in [-0.05, 0) is 32.0 Å². The molecule has 0 amide bonds. The third-order valence-electron chi connectivity index (χ3n) is 3.14. The molecule has 0 saturated heterocycles. The number of hydrogen-bond acceptors (Lipinski definition) is 3. The third-order valence-corrected chi connectivity index (χ3v) is 3.97. The van der Waals surface area contributed by atoms with Crippen LogP contribution >= 0.6 is 23.2 Å². The van der Waals surface area contributed by atoms with Gasteiger partial charge in [0.05, 0.1) is 19.6 Å². The van der Waals surface area contributed by atoms with Crippen molar-refractivity contribution < 1.29 is 13.9 Å². The molecule has 3 nitrogen and oxygen atoms in total. The summed E-state index contributed by atoms with van der Waals surface area (Å²) in [7, 11) is 3.11. The maximum absolute atomic E-state index is 6.56. The Morgan fingerprint density at radius 3 is 2.30 bits per heavy atom. The molecule has 0 fully saturated rings. The number of benzene rings is 1. The van der Waals surface area contributed by atoms with E-state index < -0.39 is 5.38 Å². The monoisotopic (exact) mass is 314 g/mol. The second kappa shape index (κ2) is 5.98. The number of halogens is 2. The van der Waals surface area contributed by atoms with Crippen molar-refractivity contribution in [3.8, 4) is 11.5 Å². The Balaban J connectivity index is 2.52. The molecular weight excluding hydrogens is 299 g/mol. The quantitative estimate of drug-likeness (QED) is 0.752. The number of rotatable bonds is 4. The van der Waals surface area contributed by atoms with E-state index in [2.05, 4.69) is 0 Å². The van der Waals surface area contributed by atoms with E-state index in [0.29, 0.717) is 16.5 Å². The Morgan fingerprint density at radius 1 is 1.10 bits per heavy atom. The maximum Gasteiger partial charge on any atom is 0.146 e. The van der Waals surface area contributed by atoms with Gasteiger partial charge < -0.3 is 13.9 Å². The van der Waals surface area contributed by atoms with E-state index in [9.17, 15) is 0 Å². The van der Waals surface area contributed by atoms with Gasteiger partial charge in [0.2, 0.25) is 0 Å². The highest BCUT2D eigenvalue weighted by Gasteiger charge is 2.23. The molecule has 0 N–H and O–H groups in total. The molecule has 0 saturated carbocycles. The highest BCUT2D eigenvalue weighted by Crippen LogP contribution is 2.44. The number of ether oxygens (including phenoxy) is 2. The number of methoxy groups -OCH3 is 2. The van der Waals surface area contributed by atoms with Gasteiger partial charge in [0.15, 0.2) is 0 Å². The van der Waals surface area contributed by atoms with Crippen LogP contribution in [0.2, 0.25) is 5.02 Å². The second-order valence-electron chi connectivity index (χ2n) is 4.44. The summed E-state index contributed by atoms with van der Waals surface area (Å²) in [6.45, 7) is 3.77. The molecule has 1 aromatic carbocycles. The van der Waals surface area contributed by atoms with Crippen molar-refractivity contribution in [2.75, 3.05) is 14.2 Å². The number of alkyl halides is 1. The zero-order valence-electron chi connectivity index (χ0n) is 11.8. The molecule has 20 heavy (non-hydrogen) atoms. The van der Waals surface area contributed by atoms with Crippen molar-refractivity contribution in [3.63, 3.8) is 0 Å². The van der Waals surface area contributed by atoms with Crippen LogP contribution < -0.4 is 9.47 Å². The molecule has 108 valence electrons. The summed E-state index contributed by atoms with van der Waals surface area (Å²) in [5, 5.41) is 0.0156. The molecule has 1 aromatic heterocycles. The first-order valence-corrected chi connectivity index (χ1v) is 6.92. The fourth-order valence-corrected chi connectivity index (χ4v) is 2.90. The smallest absolute Gasteiger partial charge is 0.146 e. The average Bonchev–Trinajstić information content (AvgIpc) is 2.76. The van der Waals surface area contributed by atoms with Crippen LogP contribution in [-0.2, 0) is 0 Å². The lowest BCUT2D eigenvalue weighted by Crippen LogP contribution is -1.99. The van der Waals surface area contributed by atoms with E-state index in [1.165, 1.54) is 0 Å². The molecule has 0 aliphatic heterocycles. The lowest BCUT2D eigenvalue weighted by atomic mass is 10.0. The van der Waals surface area contributed by atoms with Crippen LogP contribution in [0.5, 0.6) is 11.5 Å². The Hall–Kier alpha value is -1.32. The van der Waals surface area contributed by atoms with E-state index >= 15 is 0 Å². The summed E-state index contributed by atoms with van der Waals surface area (Å²) < 4.78 is 16.1. The second-order valence-corrected chi connectivity index (χ2v) is 5.25. The molecule has 1 unspecified atom stereocenters. The fourth-order valence-electron chi connectivity index (χ4n) is 2.19. The lowest BCUT2D eigenvalue weighted by Gasteiger charge is -2.16. The van der Waals surface area contributed by atoms with Gasteiger partial charge in [-0.2, -0.15) is 0 Å². The molecule has 0 aliphatic carbocycles. The minimum Gasteiger partial charge on any atom is -0.495 e. The van der Waals surface area contributed by atoms with E-state index in [1.807, 2.05) is 26.0 Å². The molecule has 0 spiro atoms. The zero-order chi connectivity index (χ0) is 14.9. The van der Waals surface area contributed by atoms with Crippen LogP contribution in [0.4, 0.5) is 0 Å². The first kappa shape index (κ1) is 15.1. The number of aryl methyl sites for hydroxylation is 2.